The molecule has 0 aliphatic carbocycles. The Labute approximate surface area is 234 Å². The number of aryl methyl sites for hydroxylation is 4. The second-order valence-corrected chi connectivity index (χ2v) is 10.4. The summed E-state index contributed by atoms with van der Waals surface area (Å²) in [6, 6.07) is 30.2. The van der Waals surface area contributed by atoms with Gasteiger partial charge in [-0.05, 0) is 103 Å². The lowest BCUT2D eigenvalue weighted by Crippen LogP contribution is -2.35. The zero-order valence-electron chi connectivity index (χ0n) is 24.2. The Balaban J connectivity index is 2.35. The second-order valence-electron chi connectivity index (χ2n) is 10.4. The van der Waals surface area contributed by atoms with Gasteiger partial charge in [-0.2, -0.15) is 0 Å². The van der Waals surface area contributed by atoms with E-state index in [1.807, 2.05) is 6.08 Å². The molecule has 1 heteroatoms. The number of hydrogen-bond donors (Lipinski definition) is 1. The Hall–Kier alpha value is -3.94. The van der Waals surface area contributed by atoms with Crippen LogP contribution in [0.4, 0.5) is 0 Å². The first-order chi connectivity index (χ1) is 18.8. The van der Waals surface area contributed by atoms with Gasteiger partial charge in [-0.15, -0.1) is 0 Å². The van der Waals surface area contributed by atoms with Crippen molar-refractivity contribution in [3.05, 3.63) is 165 Å². The molecular weight excluding hydrogens is 472 g/mol. The van der Waals surface area contributed by atoms with E-state index in [9.17, 15) is 5.11 Å². The molecule has 198 valence electrons. The van der Waals surface area contributed by atoms with Crippen LogP contribution in [0.5, 0.6) is 0 Å². The third-order valence-electron chi connectivity index (χ3n) is 8.14. The van der Waals surface area contributed by atoms with Crippen molar-refractivity contribution in [2.75, 3.05) is 0 Å². The number of hydrogen-bond acceptors (Lipinski definition) is 1. The molecule has 0 aliphatic heterocycles. The number of rotatable bonds is 8. The molecule has 1 nitrogen and oxygen atoms in total. The summed E-state index contributed by atoms with van der Waals surface area (Å²) in [6.07, 6.45) is 6.22. The average Bonchev–Trinajstić information content (AvgIpc) is 2.94. The smallest absolute Gasteiger partial charge is 0.0712 e. The van der Waals surface area contributed by atoms with E-state index in [0.717, 1.165) is 33.4 Å². The molecule has 0 aliphatic rings. The Kier molecular flexibility index (Phi) is 8.53. The van der Waals surface area contributed by atoms with Crippen molar-refractivity contribution in [1.29, 1.82) is 0 Å². The van der Waals surface area contributed by atoms with E-state index in [2.05, 4.69) is 145 Å². The zero-order valence-corrected chi connectivity index (χ0v) is 24.2. The van der Waals surface area contributed by atoms with Crippen molar-refractivity contribution < 1.29 is 5.11 Å². The maximum Gasteiger partial charge on any atom is 0.0712 e. The summed E-state index contributed by atoms with van der Waals surface area (Å²) in [5.74, 6) is 0. The monoisotopic (exact) mass is 512 g/mol. The van der Waals surface area contributed by atoms with Crippen molar-refractivity contribution >= 4 is 0 Å². The number of benzene rings is 4. The van der Waals surface area contributed by atoms with Crippen molar-refractivity contribution in [2.45, 2.75) is 53.6 Å². The molecule has 0 spiro atoms. The van der Waals surface area contributed by atoms with Gasteiger partial charge in [0.05, 0.1) is 12.0 Å². The molecule has 1 N–H and O–H groups in total. The van der Waals surface area contributed by atoms with Gasteiger partial charge in [-0.1, -0.05) is 115 Å². The molecular formula is C38H40O. The first kappa shape index (κ1) is 28.1. The highest BCUT2D eigenvalue weighted by Crippen LogP contribution is 2.52. The van der Waals surface area contributed by atoms with E-state index >= 15 is 0 Å². The number of aliphatic hydroxyl groups excluding tert-OH is 1. The Bertz CT molecular complexity index is 1520. The SMILES string of the molecule is C=C/C=C(\C(C)=C/C)C(c1ccccc1C)(c1ccccc1C)c1ccc(C)c(-c2ccccc2C)c1CO. The minimum absolute atomic E-state index is 0.0730. The minimum atomic E-state index is -0.690. The highest BCUT2D eigenvalue weighted by molar-refractivity contribution is 5.78. The zero-order chi connectivity index (χ0) is 28.2. The standard InChI is InChI=1S/C38H40O/c1-8-16-33(26(3)9-2)38(34-21-14-11-18-28(34)5,35-22-15-12-19-29(35)6)36-24-23-30(7)37(32(36)25-39)31-20-13-10-17-27(31)4/h8-24,39H,1,25H2,2-7H3/b26-9-,33-16+. The lowest BCUT2D eigenvalue weighted by atomic mass is 9.59. The number of allylic oxidation sites excluding steroid dienone is 5. The molecule has 0 bridgehead atoms. The van der Waals surface area contributed by atoms with Crippen LogP contribution in [0.25, 0.3) is 11.1 Å². The van der Waals surface area contributed by atoms with Gasteiger partial charge in [0, 0.05) is 0 Å². The Morgan fingerprint density at radius 3 is 1.74 bits per heavy atom. The molecule has 0 unspecified atom stereocenters. The predicted molar refractivity (Wildman–Crippen MR) is 167 cm³/mol. The van der Waals surface area contributed by atoms with E-state index in [1.165, 1.54) is 33.4 Å². The van der Waals surface area contributed by atoms with E-state index in [0.29, 0.717) is 0 Å². The van der Waals surface area contributed by atoms with E-state index in [-0.39, 0.29) is 6.61 Å². The summed E-state index contributed by atoms with van der Waals surface area (Å²) in [7, 11) is 0. The molecule has 0 saturated heterocycles. The fraction of sp³-hybridized carbons (Fsp3) is 0.211. The van der Waals surface area contributed by atoms with Crippen molar-refractivity contribution in [2.24, 2.45) is 0 Å². The quantitative estimate of drug-likeness (QED) is 0.184. The molecule has 0 heterocycles. The van der Waals surface area contributed by atoms with Crippen LogP contribution in [0.2, 0.25) is 0 Å². The van der Waals surface area contributed by atoms with Crippen LogP contribution >= 0.6 is 0 Å². The molecule has 39 heavy (non-hydrogen) atoms. The van der Waals surface area contributed by atoms with Crippen LogP contribution in [0.3, 0.4) is 0 Å². The molecule has 0 saturated carbocycles. The van der Waals surface area contributed by atoms with E-state index in [1.54, 1.807) is 0 Å². The fourth-order valence-corrected chi connectivity index (χ4v) is 6.19. The van der Waals surface area contributed by atoms with Gasteiger partial charge in [-0.25, -0.2) is 0 Å². The molecule has 0 aromatic heterocycles. The van der Waals surface area contributed by atoms with E-state index < -0.39 is 5.41 Å². The summed E-state index contributed by atoms with van der Waals surface area (Å²) in [5, 5.41) is 11.2. The van der Waals surface area contributed by atoms with Crippen LogP contribution in [0.15, 0.2) is 121 Å². The Morgan fingerprint density at radius 1 is 0.718 bits per heavy atom. The van der Waals surface area contributed by atoms with E-state index in [4.69, 9.17) is 0 Å². The van der Waals surface area contributed by atoms with Gasteiger partial charge >= 0.3 is 0 Å². The molecule has 4 rings (SSSR count). The lowest BCUT2D eigenvalue weighted by molar-refractivity contribution is 0.280. The third-order valence-corrected chi connectivity index (χ3v) is 8.14. The van der Waals surface area contributed by atoms with Crippen LogP contribution < -0.4 is 0 Å². The second kappa shape index (κ2) is 11.8. The fourth-order valence-electron chi connectivity index (χ4n) is 6.19. The maximum atomic E-state index is 11.2. The van der Waals surface area contributed by atoms with Crippen molar-refractivity contribution in [1.82, 2.24) is 0 Å². The third kappa shape index (κ3) is 4.84. The topological polar surface area (TPSA) is 20.2 Å². The van der Waals surface area contributed by atoms with Crippen LogP contribution in [0.1, 0.15) is 58.4 Å². The van der Waals surface area contributed by atoms with Crippen LogP contribution in [0, 0.1) is 27.7 Å². The normalized spacial score (nSPS) is 12.5. The highest BCUT2D eigenvalue weighted by Gasteiger charge is 2.44. The van der Waals surface area contributed by atoms with Gasteiger partial charge < -0.3 is 5.11 Å². The van der Waals surface area contributed by atoms with Gasteiger partial charge in [0.25, 0.3) is 0 Å². The molecule has 0 atom stereocenters. The minimum Gasteiger partial charge on any atom is -0.392 e. The maximum absolute atomic E-state index is 11.2. The molecule has 4 aromatic carbocycles. The van der Waals surface area contributed by atoms with Gasteiger partial charge in [0.15, 0.2) is 0 Å². The van der Waals surface area contributed by atoms with Crippen molar-refractivity contribution in [3.63, 3.8) is 0 Å². The van der Waals surface area contributed by atoms with Gasteiger partial charge in [-0.3, -0.25) is 0 Å². The molecule has 0 amide bonds. The summed E-state index contributed by atoms with van der Waals surface area (Å²) < 4.78 is 0. The molecule has 0 radical (unpaired) electrons. The van der Waals surface area contributed by atoms with Crippen LogP contribution in [-0.4, -0.2) is 5.11 Å². The Morgan fingerprint density at radius 2 is 1.26 bits per heavy atom. The largest absolute Gasteiger partial charge is 0.392 e. The van der Waals surface area contributed by atoms with Crippen molar-refractivity contribution in [3.8, 4) is 11.1 Å². The van der Waals surface area contributed by atoms with Gasteiger partial charge in [0.2, 0.25) is 0 Å². The predicted octanol–water partition coefficient (Wildman–Crippen LogP) is 9.49. The molecule has 0 fully saturated rings. The summed E-state index contributed by atoms with van der Waals surface area (Å²) in [4.78, 5) is 0. The first-order valence-electron chi connectivity index (χ1n) is 13.7. The molecule has 4 aromatic rings. The van der Waals surface area contributed by atoms with Gasteiger partial charge in [0.1, 0.15) is 0 Å². The summed E-state index contributed by atoms with van der Waals surface area (Å²) in [6.45, 7) is 17.0. The number of aliphatic hydroxyl groups is 1. The average molecular weight is 513 g/mol. The summed E-state index contributed by atoms with van der Waals surface area (Å²) in [5.41, 5.74) is 13.1. The lowest BCUT2D eigenvalue weighted by Gasteiger charge is -2.42. The summed E-state index contributed by atoms with van der Waals surface area (Å²) >= 11 is 0. The van der Waals surface area contributed by atoms with Crippen LogP contribution in [-0.2, 0) is 12.0 Å². The highest BCUT2D eigenvalue weighted by atomic mass is 16.3. The first-order valence-corrected chi connectivity index (χ1v) is 13.7.